The number of hydrogen-bond acceptors (Lipinski definition) is 2. The third kappa shape index (κ3) is 4.42. The Labute approximate surface area is 100 Å². The molecule has 2 aliphatic carbocycles. The average Bonchev–Trinajstić information content (AvgIpc) is 3.10. The van der Waals surface area contributed by atoms with E-state index in [9.17, 15) is 0 Å². The van der Waals surface area contributed by atoms with Crippen LogP contribution in [-0.4, -0.2) is 25.3 Å². The van der Waals surface area contributed by atoms with E-state index in [-0.39, 0.29) is 0 Å². The van der Waals surface area contributed by atoms with Crippen LogP contribution in [0.2, 0.25) is 0 Å². The fourth-order valence-electron chi connectivity index (χ4n) is 2.44. The minimum absolute atomic E-state index is 0.388. The van der Waals surface area contributed by atoms with E-state index in [1.807, 2.05) is 0 Å². The maximum atomic E-state index is 5.54. The van der Waals surface area contributed by atoms with Crippen molar-refractivity contribution in [3.8, 4) is 0 Å². The maximum Gasteiger partial charge on any atom is 0.0518 e. The highest BCUT2D eigenvalue weighted by atomic mass is 16.5. The summed E-state index contributed by atoms with van der Waals surface area (Å²) in [5.41, 5.74) is 0. The van der Waals surface area contributed by atoms with Crippen LogP contribution in [-0.2, 0) is 4.74 Å². The molecule has 2 nitrogen and oxygen atoms in total. The molecule has 0 heterocycles. The van der Waals surface area contributed by atoms with Crippen molar-refractivity contribution < 1.29 is 4.74 Å². The first kappa shape index (κ1) is 12.4. The molecule has 0 unspecified atom stereocenters. The molecule has 2 rings (SSSR count). The van der Waals surface area contributed by atoms with Crippen LogP contribution in [0.5, 0.6) is 0 Å². The highest BCUT2D eigenvalue weighted by Crippen LogP contribution is 2.44. The van der Waals surface area contributed by atoms with Crippen LogP contribution < -0.4 is 5.32 Å². The third-order valence-electron chi connectivity index (χ3n) is 3.66. The molecule has 2 saturated carbocycles. The molecule has 94 valence electrons. The van der Waals surface area contributed by atoms with Crippen molar-refractivity contribution in [1.82, 2.24) is 5.32 Å². The van der Waals surface area contributed by atoms with E-state index in [2.05, 4.69) is 19.2 Å². The van der Waals surface area contributed by atoms with E-state index in [1.54, 1.807) is 0 Å². The second-order valence-electron chi connectivity index (χ2n) is 5.78. The van der Waals surface area contributed by atoms with Gasteiger partial charge in [-0.3, -0.25) is 0 Å². The molecule has 0 spiro atoms. The summed E-state index contributed by atoms with van der Waals surface area (Å²) in [6.07, 6.45) is 8.76. The summed E-state index contributed by atoms with van der Waals surface area (Å²) in [5, 5.41) is 3.78. The van der Waals surface area contributed by atoms with Gasteiger partial charge >= 0.3 is 0 Å². The zero-order valence-electron chi connectivity index (χ0n) is 10.9. The lowest BCUT2D eigenvalue weighted by molar-refractivity contribution is 0.0759. The van der Waals surface area contributed by atoms with Gasteiger partial charge in [-0.15, -0.1) is 0 Å². The summed E-state index contributed by atoms with van der Waals surface area (Å²) in [4.78, 5) is 0. The Balaban J connectivity index is 1.46. The highest BCUT2D eigenvalue weighted by Gasteiger charge is 2.40. The van der Waals surface area contributed by atoms with Crippen LogP contribution >= 0.6 is 0 Å². The van der Waals surface area contributed by atoms with Gasteiger partial charge in [0, 0.05) is 12.6 Å². The molecule has 0 amide bonds. The molecule has 0 bridgehead atoms. The predicted octanol–water partition coefficient (Wildman–Crippen LogP) is 2.97. The van der Waals surface area contributed by atoms with Gasteiger partial charge in [0.05, 0.1) is 6.10 Å². The molecule has 2 fully saturated rings. The maximum absolute atomic E-state index is 5.54. The molecule has 1 N–H and O–H groups in total. The summed E-state index contributed by atoms with van der Waals surface area (Å²) >= 11 is 0. The molecule has 2 heteroatoms. The fourth-order valence-corrected chi connectivity index (χ4v) is 2.44. The van der Waals surface area contributed by atoms with Crippen molar-refractivity contribution in [3.05, 3.63) is 0 Å². The first-order chi connectivity index (χ1) is 7.77. The van der Waals surface area contributed by atoms with Crippen molar-refractivity contribution in [1.29, 1.82) is 0 Å². The molecule has 0 atom stereocenters. The molecular weight excluding hydrogens is 198 g/mol. The molecule has 16 heavy (non-hydrogen) atoms. The monoisotopic (exact) mass is 225 g/mol. The van der Waals surface area contributed by atoms with E-state index in [0.717, 1.165) is 24.5 Å². The molecule has 0 aliphatic heterocycles. The van der Waals surface area contributed by atoms with Gasteiger partial charge in [-0.25, -0.2) is 0 Å². The Hall–Kier alpha value is -0.0800. The van der Waals surface area contributed by atoms with Crippen molar-refractivity contribution in [2.45, 2.75) is 64.5 Å². The number of nitrogens with one attached hydrogen (secondary N) is 1. The SMILES string of the molecule is CC(C)OCCCCNC(C1CC1)C1CC1. The zero-order valence-corrected chi connectivity index (χ0v) is 10.9. The van der Waals surface area contributed by atoms with Crippen LogP contribution in [0.4, 0.5) is 0 Å². The van der Waals surface area contributed by atoms with Crippen LogP contribution in [0.25, 0.3) is 0 Å². The largest absolute Gasteiger partial charge is 0.379 e. The predicted molar refractivity (Wildman–Crippen MR) is 67.6 cm³/mol. The quantitative estimate of drug-likeness (QED) is 0.609. The van der Waals surface area contributed by atoms with E-state index in [4.69, 9.17) is 4.74 Å². The minimum Gasteiger partial charge on any atom is -0.379 e. The fraction of sp³-hybridized carbons (Fsp3) is 1.00. The normalized spacial score (nSPS) is 21.0. The number of rotatable bonds is 9. The number of unbranched alkanes of at least 4 members (excludes halogenated alkanes) is 1. The van der Waals surface area contributed by atoms with E-state index < -0.39 is 0 Å². The first-order valence-electron chi connectivity index (χ1n) is 7.12. The van der Waals surface area contributed by atoms with Crippen LogP contribution in [0.1, 0.15) is 52.4 Å². The minimum atomic E-state index is 0.388. The van der Waals surface area contributed by atoms with E-state index >= 15 is 0 Å². The first-order valence-corrected chi connectivity index (χ1v) is 7.12. The zero-order chi connectivity index (χ0) is 11.4. The topological polar surface area (TPSA) is 21.3 Å². The Morgan fingerprint density at radius 2 is 1.69 bits per heavy atom. The lowest BCUT2D eigenvalue weighted by Crippen LogP contribution is -2.33. The van der Waals surface area contributed by atoms with Gasteiger partial charge in [-0.1, -0.05) is 0 Å². The molecule has 0 aromatic heterocycles. The number of hydrogen-bond donors (Lipinski definition) is 1. The summed E-state index contributed by atoms with van der Waals surface area (Å²) in [6, 6.07) is 0.867. The Bertz CT molecular complexity index is 185. The van der Waals surface area contributed by atoms with E-state index in [1.165, 1.54) is 45.1 Å². The summed E-state index contributed by atoms with van der Waals surface area (Å²) in [7, 11) is 0. The second-order valence-corrected chi connectivity index (χ2v) is 5.78. The summed E-state index contributed by atoms with van der Waals surface area (Å²) < 4.78 is 5.54. The van der Waals surface area contributed by atoms with Crippen LogP contribution in [0.15, 0.2) is 0 Å². The van der Waals surface area contributed by atoms with Crippen molar-refractivity contribution in [2.75, 3.05) is 13.2 Å². The van der Waals surface area contributed by atoms with Crippen LogP contribution in [0, 0.1) is 11.8 Å². The molecule has 0 aromatic carbocycles. The van der Waals surface area contributed by atoms with Gasteiger partial charge in [0.15, 0.2) is 0 Å². The van der Waals surface area contributed by atoms with Gasteiger partial charge in [0.1, 0.15) is 0 Å². The highest BCUT2D eigenvalue weighted by molar-refractivity contribution is 4.96. The van der Waals surface area contributed by atoms with Crippen molar-refractivity contribution >= 4 is 0 Å². The Kier molecular flexibility index (Phi) is 4.66. The summed E-state index contributed by atoms with van der Waals surface area (Å²) in [5.74, 6) is 2.05. The lowest BCUT2D eigenvalue weighted by Gasteiger charge is -2.17. The van der Waals surface area contributed by atoms with Crippen molar-refractivity contribution in [3.63, 3.8) is 0 Å². The standard InChI is InChI=1S/C14H27NO/c1-11(2)16-10-4-3-9-15-14(12-5-6-12)13-7-8-13/h11-15H,3-10H2,1-2H3. The van der Waals surface area contributed by atoms with Gasteiger partial charge < -0.3 is 10.1 Å². The molecular formula is C14H27NO. The van der Waals surface area contributed by atoms with Gasteiger partial charge in [0.25, 0.3) is 0 Å². The average molecular weight is 225 g/mol. The second kappa shape index (κ2) is 6.02. The molecule has 0 saturated heterocycles. The summed E-state index contributed by atoms with van der Waals surface area (Å²) in [6.45, 7) is 6.33. The van der Waals surface area contributed by atoms with E-state index in [0.29, 0.717) is 6.10 Å². The Morgan fingerprint density at radius 3 is 2.19 bits per heavy atom. The van der Waals surface area contributed by atoms with Gasteiger partial charge in [0.2, 0.25) is 0 Å². The third-order valence-corrected chi connectivity index (χ3v) is 3.66. The smallest absolute Gasteiger partial charge is 0.0518 e. The molecule has 2 aliphatic rings. The van der Waals surface area contributed by atoms with Crippen LogP contribution in [0.3, 0.4) is 0 Å². The molecule has 0 aromatic rings. The Morgan fingerprint density at radius 1 is 1.06 bits per heavy atom. The van der Waals surface area contributed by atoms with Gasteiger partial charge in [-0.2, -0.15) is 0 Å². The molecule has 0 radical (unpaired) electrons. The number of ether oxygens (including phenoxy) is 1. The lowest BCUT2D eigenvalue weighted by atomic mass is 10.1. The van der Waals surface area contributed by atoms with Gasteiger partial charge in [-0.05, 0) is 70.8 Å². The van der Waals surface area contributed by atoms with Crippen molar-refractivity contribution in [2.24, 2.45) is 11.8 Å².